The Hall–Kier alpha value is -1.78. The predicted octanol–water partition coefficient (Wildman–Crippen LogP) is 12.8. The van der Waals surface area contributed by atoms with Crippen LogP contribution in [0.4, 0.5) is 0 Å². The molecule has 0 heterocycles. The normalized spacial score (nSPS) is 13.7. The van der Waals surface area contributed by atoms with Crippen LogP contribution in [0.25, 0.3) is 0 Å². The average Bonchev–Trinajstić information content (AvgIpc) is 3.20. The fourth-order valence-electron chi connectivity index (χ4n) is 6.77. The number of rotatable bonds is 45. The van der Waals surface area contributed by atoms with Crippen molar-refractivity contribution >= 4 is 25.7 Å². The topological polar surface area (TPSA) is 172 Å². The van der Waals surface area contributed by atoms with Gasteiger partial charge in [-0.25, -0.2) is 4.57 Å². The summed E-state index contributed by atoms with van der Waals surface area (Å²) in [6.07, 6.45) is 42.8. The Bertz CT molecular complexity index is 1040. The van der Waals surface area contributed by atoms with Crippen LogP contribution in [0.5, 0.6) is 0 Å². The highest BCUT2D eigenvalue weighted by molar-refractivity contribution is 7.47. The number of carbonyl (C=O) groups excluding carboxylic acids is 2. The van der Waals surface area contributed by atoms with Crippen LogP contribution in [0.15, 0.2) is 12.2 Å². The maximum absolute atomic E-state index is 12.6. The summed E-state index contributed by atoms with van der Waals surface area (Å²) in [5.41, 5.74) is 5.34. The lowest BCUT2D eigenvalue weighted by Gasteiger charge is -2.20. The molecule has 1 unspecified atom stereocenters. The summed E-state index contributed by atoms with van der Waals surface area (Å²) in [7, 11) is -4.71. The molecule has 0 amide bonds. The van der Waals surface area contributed by atoms with Gasteiger partial charge in [0.15, 0.2) is 6.10 Å². The van der Waals surface area contributed by atoms with E-state index in [0.29, 0.717) is 12.8 Å². The Kier molecular flexibility index (Phi) is 40.6. The van der Waals surface area contributed by atoms with Crippen molar-refractivity contribution in [3.63, 3.8) is 0 Å². The van der Waals surface area contributed by atoms with Crippen molar-refractivity contribution in [3.05, 3.63) is 12.2 Å². The molecule has 0 aromatic carbocycles. The minimum absolute atomic E-state index is 0.155. The van der Waals surface area contributed by atoms with E-state index in [2.05, 4.69) is 30.5 Å². The van der Waals surface area contributed by atoms with Crippen LogP contribution in [0, 0.1) is 0 Å². The van der Waals surface area contributed by atoms with Crippen LogP contribution in [0.2, 0.25) is 0 Å². The summed E-state index contributed by atoms with van der Waals surface area (Å²) in [6, 6.07) is -1.52. The number of carboxylic acids is 1. The molecule has 0 fully saturated rings. The highest BCUT2D eigenvalue weighted by Crippen LogP contribution is 2.43. The van der Waals surface area contributed by atoms with Crippen molar-refractivity contribution in [2.75, 3.05) is 19.8 Å². The monoisotopic (exact) mass is 846 g/mol. The van der Waals surface area contributed by atoms with Crippen LogP contribution < -0.4 is 5.73 Å². The quantitative estimate of drug-likeness (QED) is 0.0230. The SMILES string of the molecule is CCCCCC/C=C/CCCCCCCC(=O)O[C@@H](COC(=O)CCCCCCCCCCCCCCCCCCCCCCC)COP(=O)(O)OC[C@H](N)C(=O)O. The van der Waals surface area contributed by atoms with Crippen molar-refractivity contribution in [1.82, 2.24) is 0 Å². The number of aliphatic carboxylic acids is 1. The van der Waals surface area contributed by atoms with E-state index in [0.717, 1.165) is 57.8 Å². The fourth-order valence-corrected chi connectivity index (χ4v) is 7.55. The molecule has 0 bridgehead atoms. The third-order valence-corrected chi connectivity index (χ3v) is 11.5. The molecular formula is C46H88NO10P. The van der Waals surface area contributed by atoms with Crippen molar-refractivity contribution in [2.45, 2.75) is 244 Å². The number of phosphoric acid groups is 1. The third kappa shape index (κ3) is 41.0. The van der Waals surface area contributed by atoms with Gasteiger partial charge < -0.3 is 25.2 Å². The number of ether oxygens (including phenoxy) is 2. The third-order valence-electron chi connectivity index (χ3n) is 10.5. The molecule has 4 N–H and O–H groups in total. The number of phosphoric ester groups is 1. The molecule has 0 saturated heterocycles. The lowest BCUT2D eigenvalue weighted by atomic mass is 10.0. The van der Waals surface area contributed by atoms with E-state index in [1.165, 1.54) is 135 Å². The van der Waals surface area contributed by atoms with E-state index < -0.39 is 51.1 Å². The number of carboxylic acid groups (broad SMARTS) is 1. The van der Waals surface area contributed by atoms with Crippen LogP contribution in [-0.2, 0) is 37.5 Å². The van der Waals surface area contributed by atoms with Crippen molar-refractivity contribution in [3.8, 4) is 0 Å². The summed E-state index contributed by atoms with van der Waals surface area (Å²) in [5.74, 6) is -2.37. The van der Waals surface area contributed by atoms with E-state index in [9.17, 15) is 23.8 Å². The molecule has 0 aliphatic carbocycles. The molecule has 0 saturated carbocycles. The van der Waals surface area contributed by atoms with Gasteiger partial charge in [0.2, 0.25) is 0 Å². The van der Waals surface area contributed by atoms with Gasteiger partial charge >= 0.3 is 25.7 Å². The van der Waals surface area contributed by atoms with Gasteiger partial charge in [-0.3, -0.25) is 23.4 Å². The number of hydrogen-bond donors (Lipinski definition) is 3. The van der Waals surface area contributed by atoms with E-state index in [4.69, 9.17) is 24.8 Å². The van der Waals surface area contributed by atoms with Crippen LogP contribution in [-0.4, -0.2) is 59.9 Å². The number of hydrogen-bond acceptors (Lipinski definition) is 9. The maximum Gasteiger partial charge on any atom is 0.472 e. The van der Waals surface area contributed by atoms with Crippen LogP contribution in [0.1, 0.15) is 232 Å². The van der Waals surface area contributed by atoms with Gasteiger partial charge in [-0.15, -0.1) is 0 Å². The lowest BCUT2D eigenvalue weighted by Crippen LogP contribution is -2.34. The molecule has 0 aromatic rings. The zero-order chi connectivity index (χ0) is 42.8. The number of unbranched alkanes of at least 4 members (excludes halogenated alkanes) is 29. The summed E-state index contributed by atoms with van der Waals surface area (Å²) in [6.45, 7) is 2.81. The first kappa shape index (κ1) is 56.2. The molecular weight excluding hydrogens is 757 g/mol. The Morgan fingerprint density at radius 1 is 0.517 bits per heavy atom. The first-order valence-corrected chi connectivity index (χ1v) is 25.2. The first-order valence-electron chi connectivity index (χ1n) is 23.7. The minimum Gasteiger partial charge on any atom is -0.480 e. The number of esters is 2. The summed E-state index contributed by atoms with van der Waals surface area (Å²) >= 11 is 0. The van der Waals surface area contributed by atoms with Gasteiger partial charge in [-0.05, 0) is 38.5 Å². The van der Waals surface area contributed by atoms with Crippen LogP contribution in [0.3, 0.4) is 0 Å². The summed E-state index contributed by atoms with van der Waals surface area (Å²) in [5, 5.41) is 8.89. The van der Waals surface area contributed by atoms with Crippen molar-refractivity contribution in [1.29, 1.82) is 0 Å². The molecule has 0 aliphatic rings. The summed E-state index contributed by atoms with van der Waals surface area (Å²) < 4.78 is 32.7. The molecule has 58 heavy (non-hydrogen) atoms. The molecule has 0 aliphatic heterocycles. The van der Waals surface area contributed by atoms with E-state index in [1.807, 2.05) is 0 Å². The van der Waals surface area contributed by atoms with E-state index >= 15 is 0 Å². The minimum atomic E-state index is -4.71. The smallest absolute Gasteiger partial charge is 0.472 e. The number of carbonyl (C=O) groups is 3. The van der Waals surface area contributed by atoms with Gasteiger partial charge in [0.05, 0.1) is 13.2 Å². The number of nitrogens with two attached hydrogens (primary N) is 1. The highest BCUT2D eigenvalue weighted by atomic mass is 31.2. The molecule has 0 radical (unpaired) electrons. The van der Waals surface area contributed by atoms with Gasteiger partial charge in [0.1, 0.15) is 12.6 Å². The highest BCUT2D eigenvalue weighted by Gasteiger charge is 2.28. The van der Waals surface area contributed by atoms with Gasteiger partial charge in [-0.2, -0.15) is 0 Å². The Morgan fingerprint density at radius 3 is 1.28 bits per heavy atom. The average molecular weight is 846 g/mol. The lowest BCUT2D eigenvalue weighted by molar-refractivity contribution is -0.161. The predicted molar refractivity (Wildman–Crippen MR) is 236 cm³/mol. The van der Waals surface area contributed by atoms with E-state index in [1.54, 1.807) is 0 Å². The zero-order valence-electron chi connectivity index (χ0n) is 37.2. The molecule has 342 valence electrons. The Balaban J connectivity index is 4.21. The standard InChI is InChI=1S/C46H88NO10P/c1-3-5-7-9-11-13-15-17-18-19-20-21-22-23-24-26-27-29-31-33-35-37-44(48)54-39-42(40-55-58(52,53)56-41-43(47)46(50)51)57-45(49)38-36-34-32-30-28-25-16-14-12-10-8-6-4-2/h14,16,42-43H,3-13,15,17-41,47H2,1-2H3,(H,50,51)(H,52,53)/b16-14+/t42-,43-/m0/s1. The molecule has 0 aromatic heterocycles. The Morgan fingerprint density at radius 2 is 0.862 bits per heavy atom. The molecule has 0 spiro atoms. The second kappa shape index (κ2) is 41.9. The van der Waals surface area contributed by atoms with Gasteiger partial charge in [-0.1, -0.05) is 193 Å². The first-order chi connectivity index (χ1) is 28.1. The second-order valence-corrected chi connectivity index (χ2v) is 17.7. The zero-order valence-corrected chi connectivity index (χ0v) is 38.1. The second-order valence-electron chi connectivity index (χ2n) is 16.2. The van der Waals surface area contributed by atoms with Crippen molar-refractivity contribution in [2.24, 2.45) is 5.73 Å². The molecule has 0 rings (SSSR count). The summed E-state index contributed by atoms with van der Waals surface area (Å²) in [4.78, 5) is 46.0. The van der Waals surface area contributed by atoms with Crippen molar-refractivity contribution < 1.29 is 47.5 Å². The van der Waals surface area contributed by atoms with Gasteiger partial charge in [0.25, 0.3) is 0 Å². The van der Waals surface area contributed by atoms with Crippen LogP contribution >= 0.6 is 7.82 Å². The molecule has 11 nitrogen and oxygen atoms in total. The maximum atomic E-state index is 12.6. The van der Waals surface area contributed by atoms with E-state index in [-0.39, 0.29) is 19.4 Å². The largest absolute Gasteiger partial charge is 0.480 e. The number of allylic oxidation sites excluding steroid dienone is 2. The van der Waals surface area contributed by atoms with Gasteiger partial charge in [0, 0.05) is 12.8 Å². The Labute approximate surface area is 354 Å². The molecule has 3 atom stereocenters. The molecule has 12 heteroatoms. The fraction of sp³-hybridized carbons (Fsp3) is 0.891.